The Labute approximate surface area is 84.0 Å². The molecule has 1 heterocycles. The first-order chi connectivity index (χ1) is 6.15. The van der Waals surface area contributed by atoms with Gasteiger partial charge in [0.15, 0.2) is 0 Å². The lowest BCUT2D eigenvalue weighted by molar-refractivity contribution is 0.521. The average molecular weight is 195 g/mol. The van der Waals surface area contributed by atoms with Crippen LogP contribution < -0.4 is 5.73 Å². The Balaban J connectivity index is 2.13. The molecule has 1 aromatic rings. The normalized spacial score (nSPS) is 19.0. The molecule has 2 heteroatoms. The van der Waals surface area contributed by atoms with E-state index in [4.69, 9.17) is 5.73 Å². The first kappa shape index (κ1) is 9.22. The fourth-order valence-electron chi connectivity index (χ4n) is 1.89. The molecule has 1 aromatic heterocycles. The number of nitrogens with two attached hydrogens (primary N) is 1. The van der Waals surface area contributed by atoms with Crippen LogP contribution in [0.3, 0.4) is 0 Å². The second-order valence-electron chi connectivity index (χ2n) is 4.32. The maximum absolute atomic E-state index is 5.78. The molecule has 0 bridgehead atoms. The van der Waals surface area contributed by atoms with Gasteiger partial charge >= 0.3 is 0 Å². The van der Waals surface area contributed by atoms with E-state index < -0.39 is 0 Å². The summed E-state index contributed by atoms with van der Waals surface area (Å²) in [5, 5.41) is 0. The van der Waals surface area contributed by atoms with Gasteiger partial charge in [-0.15, -0.1) is 11.3 Å². The van der Waals surface area contributed by atoms with Crippen molar-refractivity contribution in [2.45, 2.75) is 33.1 Å². The molecule has 0 amide bonds. The molecule has 0 aromatic carbocycles. The van der Waals surface area contributed by atoms with Gasteiger partial charge < -0.3 is 5.73 Å². The number of hydrogen-bond donors (Lipinski definition) is 1. The quantitative estimate of drug-likeness (QED) is 0.788. The van der Waals surface area contributed by atoms with Crippen LogP contribution in [-0.4, -0.2) is 6.54 Å². The van der Waals surface area contributed by atoms with E-state index >= 15 is 0 Å². The number of hydrogen-bond acceptors (Lipinski definition) is 2. The van der Waals surface area contributed by atoms with Gasteiger partial charge in [-0.1, -0.05) is 0 Å². The van der Waals surface area contributed by atoms with Crippen molar-refractivity contribution in [3.63, 3.8) is 0 Å². The topological polar surface area (TPSA) is 26.0 Å². The molecular weight excluding hydrogens is 178 g/mol. The molecule has 0 unspecified atom stereocenters. The van der Waals surface area contributed by atoms with Crippen molar-refractivity contribution < 1.29 is 0 Å². The van der Waals surface area contributed by atoms with Gasteiger partial charge in [-0.25, -0.2) is 0 Å². The Morgan fingerprint density at radius 1 is 1.46 bits per heavy atom. The van der Waals surface area contributed by atoms with E-state index in [-0.39, 0.29) is 0 Å². The minimum Gasteiger partial charge on any atom is -0.330 e. The molecule has 0 spiro atoms. The van der Waals surface area contributed by atoms with Crippen LogP contribution >= 0.6 is 11.3 Å². The second-order valence-corrected chi connectivity index (χ2v) is 5.78. The summed E-state index contributed by atoms with van der Waals surface area (Å²) in [4.78, 5) is 2.91. The summed E-state index contributed by atoms with van der Waals surface area (Å²) in [7, 11) is 0. The molecule has 1 nitrogen and oxygen atoms in total. The maximum atomic E-state index is 5.78. The van der Waals surface area contributed by atoms with Crippen LogP contribution in [0.1, 0.15) is 28.2 Å². The predicted octanol–water partition coefficient (Wildman–Crippen LogP) is 2.65. The molecule has 72 valence electrons. The minimum atomic E-state index is 0.484. The van der Waals surface area contributed by atoms with Gasteiger partial charge in [-0.05, 0) is 56.7 Å². The molecule has 1 saturated carbocycles. The molecule has 2 N–H and O–H groups in total. The molecule has 2 rings (SSSR count). The van der Waals surface area contributed by atoms with Crippen LogP contribution in [0.25, 0.3) is 0 Å². The summed E-state index contributed by atoms with van der Waals surface area (Å²) < 4.78 is 0. The van der Waals surface area contributed by atoms with Crippen molar-refractivity contribution in [1.82, 2.24) is 0 Å². The highest BCUT2D eigenvalue weighted by molar-refractivity contribution is 7.12. The molecule has 1 aliphatic carbocycles. The first-order valence-corrected chi connectivity index (χ1v) is 5.73. The van der Waals surface area contributed by atoms with Crippen LogP contribution in [0, 0.1) is 19.3 Å². The van der Waals surface area contributed by atoms with E-state index in [1.165, 1.54) is 34.6 Å². The summed E-state index contributed by atoms with van der Waals surface area (Å²) in [6.07, 6.45) is 3.87. The summed E-state index contributed by atoms with van der Waals surface area (Å²) >= 11 is 1.91. The molecular formula is C11H17NS. The third kappa shape index (κ3) is 1.79. The Morgan fingerprint density at radius 2 is 2.15 bits per heavy atom. The van der Waals surface area contributed by atoms with Crippen LogP contribution in [0.15, 0.2) is 6.07 Å². The Bertz CT molecular complexity index is 310. The number of aryl methyl sites for hydroxylation is 2. The van der Waals surface area contributed by atoms with Gasteiger partial charge in [0.25, 0.3) is 0 Å². The summed E-state index contributed by atoms with van der Waals surface area (Å²) in [6, 6.07) is 2.33. The van der Waals surface area contributed by atoms with Gasteiger partial charge in [0.05, 0.1) is 0 Å². The fourth-order valence-corrected chi connectivity index (χ4v) is 2.84. The molecule has 0 saturated heterocycles. The highest BCUT2D eigenvalue weighted by Gasteiger charge is 2.41. The lowest BCUT2D eigenvalue weighted by Gasteiger charge is -2.10. The zero-order chi connectivity index (χ0) is 9.47. The van der Waals surface area contributed by atoms with Crippen molar-refractivity contribution in [2.75, 3.05) is 6.54 Å². The number of rotatable bonds is 3. The second kappa shape index (κ2) is 3.10. The molecule has 1 fully saturated rings. The molecule has 0 radical (unpaired) electrons. The average Bonchev–Trinajstić information content (AvgIpc) is 2.77. The Kier molecular flexibility index (Phi) is 2.20. The number of thiophene rings is 1. The smallest absolute Gasteiger partial charge is 0.00492 e. The molecule has 1 aliphatic rings. The third-order valence-electron chi connectivity index (χ3n) is 3.10. The Morgan fingerprint density at radius 3 is 2.54 bits per heavy atom. The zero-order valence-electron chi connectivity index (χ0n) is 8.39. The van der Waals surface area contributed by atoms with Crippen molar-refractivity contribution in [1.29, 1.82) is 0 Å². The highest BCUT2D eigenvalue weighted by Crippen LogP contribution is 2.48. The van der Waals surface area contributed by atoms with Crippen LogP contribution in [0.5, 0.6) is 0 Å². The van der Waals surface area contributed by atoms with Gasteiger partial charge in [-0.3, -0.25) is 0 Å². The fraction of sp³-hybridized carbons (Fsp3) is 0.636. The van der Waals surface area contributed by atoms with Crippen molar-refractivity contribution in [3.8, 4) is 0 Å². The lowest BCUT2D eigenvalue weighted by atomic mass is 9.97. The van der Waals surface area contributed by atoms with E-state index in [9.17, 15) is 0 Å². The van der Waals surface area contributed by atoms with Crippen molar-refractivity contribution in [2.24, 2.45) is 11.1 Å². The summed E-state index contributed by atoms with van der Waals surface area (Å²) in [5.74, 6) is 0. The van der Waals surface area contributed by atoms with Gasteiger partial charge in [-0.2, -0.15) is 0 Å². The molecule has 0 aliphatic heterocycles. The third-order valence-corrected chi connectivity index (χ3v) is 4.11. The van der Waals surface area contributed by atoms with Crippen molar-refractivity contribution in [3.05, 3.63) is 21.4 Å². The van der Waals surface area contributed by atoms with Crippen LogP contribution in [-0.2, 0) is 6.42 Å². The first-order valence-electron chi connectivity index (χ1n) is 4.91. The lowest BCUT2D eigenvalue weighted by Crippen LogP contribution is -2.17. The largest absolute Gasteiger partial charge is 0.330 e. The SMILES string of the molecule is Cc1cc(CC2(CN)CC2)c(C)s1. The van der Waals surface area contributed by atoms with Gasteiger partial charge in [0.2, 0.25) is 0 Å². The Hall–Kier alpha value is -0.340. The minimum absolute atomic E-state index is 0.484. The molecule has 13 heavy (non-hydrogen) atoms. The van der Waals surface area contributed by atoms with Crippen molar-refractivity contribution >= 4 is 11.3 Å². The predicted molar refractivity (Wildman–Crippen MR) is 58.2 cm³/mol. The van der Waals surface area contributed by atoms with Gasteiger partial charge in [0, 0.05) is 9.75 Å². The van der Waals surface area contributed by atoms with Crippen LogP contribution in [0.4, 0.5) is 0 Å². The van der Waals surface area contributed by atoms with E-state index in [0.29, 0.717) is 5.41 Å². The van der Waals surface area contributed by atoms with E-state index in [0.717, 1.165) is 6.54 Å². The summed E-state index contributed by atoms with van der Waals surface area (Å²) in [5.41, 5.74) is 7.79. The zero-order valence-corrected chi connectivity index (χ0v) is 9.21. The molecule has 0 atom stereocenters. The summed E-state index contributed by atoms with van der Waals surface area (Å²) in [6.45, 7) is 5.27. The van der Waals surface area contributed by atoms with E-state index in [2.05, 4.69) is 19.9 Å². The van der Waals surface area contributed by atoms with E-state index in [1.54, 1.807) is 0 Å². The monoisotopic (exact) mass is 195 g/mol. The van der Waals surface area contributed by atoms with Gasteiger partial charge in [0.1, 0.15) is 0 Å². The standard InChI is InChI=1S/C11H17NS/c1-8-5-10(9(2)13-8)6-11(7-12)3-4-11/h5H,3-4,6-7,12H2,1-2H3. The van der Waals surface area contributed by atoms with Crippen LogP contribution in [0.2, 0.25) is 0 Å². The van der Waals surface area contributed by atoms with E-state index in [1.807, 2.05) is 11.3 Å². The maximum Gasteiger partial charge on any atom is 0.00492 e. The highest BCUT2D eigenvalue weighted by atomic mass is 32.1.